The Labute approximate surface area is 133 Å². The number of nitrogens with one attached hydrogen (secondary N) is 1. The van der Waals surface area contributed by atoms with Gasteiger partial charge in [-0.1, -0.05) is 0 Å². The third kappa shape index (κ3) is 2.17. The summed E-state index contributed by atoms with van der Waals surface area (Å²) < 4.78 is 0. The van der Waals surface area contributed by atoms with Gasteiger partial charge in [-0.25, -0.2) is 0 Å². The van der Waals surface area contributed by atoms with Crippen LogP contribution in [0.2, 0.25) is 0 Å². The summed E-state index contributed by atoms with van der Waals surface area (Å²) in [5, 5.41) is 2.91. The van der Waals surface area contributed by atoms with Crippen molar-refractivity contribution in [2.24, 2.45) is 23.2 Å². The molecule has 5 fully saturated rings. The lowest BCUT2D eigenvalue weighted by atomic mass is 9.49. The number of amides is 2. The van der Waals surface area contributed by atoms with Gasteiger partial charge in [-0.15, -0.1) is 0 Å². The average Bonchev–Trinajstić information content (AvgIpc) is 2.94. The molecule has 2 amide bonds. The van der Waals surface area contributed by atoms with Gasteiger partial charge < -0.3 is 10.2 Å². The Morgan fingerprint density at radius 3 is 2.23 bits per heavy atom. The lowest BCUT2D eigenvalue weighted by molar-refractivity contribution is -0.160. The smallest absolute Gasteiger partial charge is 0.242 e. The molecule has 122 valence electrons. The van der Waals surface area contributed by atoms with Gasteiger partial charge in [-0.3, -0.25) is 9.59 Å². The minimum Gasteiger partial charge on any atom is -0.355 e. The molecule has 0 aromatic rings. The van der Waals surface area contributed by atoms with E-state index in [1.54, 1.807) is 0 Å². The van der Waals surface area contributed by atoms with Crippen molar-refractivity contribution in [1.29, 1.82) is 0 Å². The maximum absolute atomic E-state index is 13.4. The maximum Gasteiger partial charge on any atom is 0.242 e. The Balaban J connectivity index is 1.55. The Bertz CT molecular complexity index is 452. The first-order valence-electron chi connectivity index (χ1n) is 9.20. The van der Waals surface area contributed by atoms with E-state index in [-0.39, 0.29) is 17.4 Å². The molecule has 1 N–H and O–H groups in total. The molecular weight excluding hydrogens is 276 g/mol. The van der Waals surface area contributed by atoms with Crippen LogP contribution in [0.5, 0.6) is 0 Å². The minimum atomic E-state index is -0.208. The highest BCUT2D eigenvalue weighted by molar-refractivity contribution is 5.91. The summed E-state index contributed by atoms with van der Waals surface area (Å²) in [6.07, 6.45) is 9.15. The molecule has 0 aromatic heterocycles. The van der Waals surface area contributed by atoms with Gasteiger partial charge in [0.15, 0.2) is 0 Å². The van der Waals surface area contributed by atoms with E-state index in [1.165, 1.54) is 19.3 Å². The predicted molar refractivity (Wildman–Crippen MR) is 84.0 cm³/mol. The van der Waals surface area contributed by atoms with Crippen molar-refractivity contribution in [3.05, 3.63) is 0 Å². The summed E-state index contributed by atoms with van der Waals surface area (Å²) in [7, 11) is 0. The molecule has 4 heteroatoms. The molecule has 1 saturated heterocycles. The fourth-order valence-corrected chi connectivity index (χ4v) is 6.25. The number of rotatable bonds is 3. The van der Waals surface area contributed by atoms with Crippen molar-refractivity contribution in [2.75, 3.05) is 13.1 Å². The number of likely N-dealkylation sites (N-methyl/N-ethyl adjacent to an activating group) is 1. The molecule has 5 aliphatic rings. The van der Waals surface area contributed by atoms with Crippen LogP contribution < -0.4 is 5.32 Å². The molecule has 22 heavy (non-hydrogen) atoms. The third-order valence-electron chi connectivity index (χ3n) is 6.66. The van der Waals surface area contributed by atoms with Crippen molar-refractivity contribution >= 4 is 11.8 Å². The standard InChI is InChI=1S/C18H28N2O2/c1-2-19-16(21)15-4-3-5-20(15)17(22)18-9-12-6-13(10-18)8-14(7-12)11-18/h12-15H,2-11H2,1H3,(H,19,21). The topological polar surface area (TPSA) is 49.4 Å². The van der Waals surface area contributed by atoms with Gasteiger partial charge in [0.1, 0.15) is 6.04 Å². The average molecular weight is 304 g/mol. The maximum atomic E-state index is 13.4. The molecule has 4 saturated carbocycles. The number of nitrogens with zero attached hydrogens (tertiary/aromatic N) is 1. The molecule has 4 bridgehead atoms. The molecule has 1 heterocycles. The highest BCUT2D eigenvalue weighted by atomic mass is 16.2. The summed E-state index contributed by atoms with van der Waals surface area (Å²) >= 11 is 0. The van der Waals surface area contributed by atoms with Crippen LogP contribution in [0.15, 0.2) is 0 Å². The number of carbonyl (C=O) groups is 2. The quantitative estimate of drug-likeness (QED) is 0.870. The number of hydrogen-bond donors (Lipinski definition) is 1. The largest absolute Gasteiger partial charge is 0.355 e. The van der Waals surface area contributed by atoms with Crippen molar-refractivity contribution in [2.45, 2.75) is 64.3 Å². The van der Waals surface area contributed by atoms with Gasteiger partial charge in [0, 0.05) is 13.1 Å². The normalized spacial score (nSPS) is 42.7. The van der Waals surface area contributed by atoms with Crippen LogP contribution in [0.4, 0.5) is 0 Å². The Hall–Kier alpha value is -1.06. The van der Waals surface area contributed by atoms with E-state index >= 15 is 0 Å². The van der Waals surface area contributed by atoms with Crippen LogP contribution in [0.3, 0.4) is 0 Å². The zero-order valence-electron chi connectivity index (χ0n) is 13.6. The summed E-state index contributed by atoms with van der Waals surface area (Å²) in [6, 6.07) is -0.208. The number of hydrogen-bond acceptors (Lipinski definition) is 2. The lowest BCUT2D eigenvalue weighted by Gasteiger charge is -2.56. The van der Waals surface area contributed by atoms with E-state index < -0.39 is 0 Å². The van der Waals surface area contributed by atoms with Gasteiger partial charge in [0.05, 0.1) is 5.41 Å². The second kappa shape index (κ2) is 5.24. The Morgan fingerprint density at radius 1 is 1.09 bits per heavy atom. The highest BCUT2D eigenvalue weighted by Crippen LogP contribution is 2.60. The third-order valence-corrected chi connectivity index (χ3v) is 6.66. The van der Waals surface area contributed by atoms with Crippen LogP contribution in [0, 0.1) is 23.2 Å². The SMILES string of the molecule is CCNC(=O)C1CCCN1C(=O)C12CC3CC(CC(C3)C1)C2. The van der Waals surface area contributed by atoms with Crippen molar-refractivity contribution < 1.29 is 9.59 Å². The molecule has 4 aliphatic carbocycles. The molecule has 0 spiro atoms. The first-order chi connectivity index (χ1) is 10.6. The molecule has 0 aromatic carbocycles. The second-order valence-electron chi connectivity index (χ2n) is 8.25. The van der Waals surface area contributed by atoms with Gasteiger partial charge in [0.2, 0.25) is 11.8 Å². The van der Waals surface area contributed by atoms with E-state index in [9.17, 15) is 9.59 Å². The second-order valence-corrected chi connectivity index (χ2v) is 8.25. The van der Waals surface area contributed by atoms with Crippen molar-refractivity contribution in [3.8, 4) is 0 Å². The zero-order valence-corrected chi connectivity index (χ0v) is 13.6. The predicted octanol–water partition coefficient (Wildman–Crippen LogP) is 2.33. The summed E-state index contributed by atoms with van der Waals surface area (Å²) in [6.45, 7) is 3.37. The van der Waals surface area contributed by atoms with Crippen molar-refractivity contribution in [3.63, 3.8) is 0 Å². The fourth-order valence-electron chi connectivity index (χ4n) is 6.25. The van der Waals surface area contributed by atoms with E-state index in [1.807, 2.05) is 11.8 Å². The van der Waals surface area contributed by atoms with Gasteiger partial charge >= 0.3 is 0 Å². The van der Waals surface area contributed by atoms with Crippen LogP contribution >= 0.6 is 0 Å². The molecule has 1 unspecified atom stereocenters. The molecule has 0 radical (unpaired) electrons. The van der Waals surface area contributed by atoms with Gasteiger partial charge in [-0.05, 0) is 76.0 Å². The zero-order chi connectivity index (χ0) is 15.3. The van der Waals surface area contributed by atoms with E-state index in [0.717, 1.165) is 56.4 Å². The number of carbonyl (C=O) groups excluding carboxylic acids is 2. The lowest BCUT2D eigenvalue weighted by Crippen LogP contribution is -2.57. The molecular formula is C18H28N2O2. The monoisotopic (exact) mass is 304 g/mol. The first kappa shape index (κ1) is 14.5. The Morgan fingerprint density at radius 2 is 1.68 bits per heavy atom. The molecule has 1 atom stereocenters. The summed E-state index contributed by atoms with van der Waals surface area (Å²) in [5.41, 5.74) is -0.107. The van der Waals surface area contributed by atoms with Crippen molar-refractivity contribution in [1.82, 2.24) is 10.2 Å². The van der Waals surface area contributed by atoms with E-state index in [4.69, 9.17) is 0 Å². The molecule has 5 rings (SSSR count). The van der Waals surface area contributed by atoms with Gasteiger partial charge in [0.25, 0.3) is 0 Å². The van der Waals surface area contributed by atoms with E-state index in [2.05, 4.69) is 5.32 Å². The molecule has 1 aliphatic heterocycles. The Kier molecular flexibility index (Phi) is 3.46. The van der Waals surface area contributed by atoms with Gasteiger partial charge in [-0.2, -0.15) is 0 Å². The first-order valence-corrected chi connectivity index (χ1v) is 9.20. The van der Waals surface area contributed by atoms with Crippen LogP contribution in [0.1, 0.15) is 58.3 Å². The summed E-state index contributed by atoms with van der Waals surface area (Å²) in [4.78, 5) is 27.6. The van der Waals surface area contributed by atoms with Crippen LogP contribution in [-0.2, 0) is 9.59 Å². The van der Waals surface area contributed by atoms with E-state index in [0.29, 0.717) is 12.5 Å². The number of likely N-dealkylation sites (tertiary alicyclic amines) is 1. The molecule has 4 nitrogen and oxygen atoms in total. The van der Waals surface area contributed by atoms with Crippen LogP contribution in [-0.4, -0.2) is 35.8 Å². The highest BCUT2D eigenvalue weighted by Gasteiger charge is 2.56. The summed E-state index contributed by atoms with van der Waals surface area (Å²) in [5.74, 6) is 2.71. The van der Waals surface area contributed by atoms with Crippen LogP contribution in [0.25, 0.3) is 0 Å². The minimum absolute atomic E-state index is 0.0538. The fraction of sp³-hybridized carbons (Fsp3) is 0.889.